The van der Waals surface area contributed by atoms with Gasteiger partial charge in [-0.25, -0.2) is 0 Å². The van der Waals surface area contributed by atoms with Crippen molar-refractivity contribution in [1.82, 2.24) is 20.0 Å². The van der Waals surface area contributed by atoms with Gasteiger partial charge in [0.05, 0.1) is 4.91 Å². The lowest BCUT2D eigenvalue weighted by Crippen LogP contribution is -2.37. The Hall–Kier alpha value is -2.39. The summed E-state index contributed by atoms with van der Waals surface area (Å²) in [4.78, 5) is 38.0. The Balaban J connectivity index is 1.44. The molecule has 2 aromatic rings. The normalized spacial score (nSPS) is 15.5. The molecule has 2 heterocycles. The summed E-state index contributed by atoms with van der Waals surface area (Å²) in [7, 11) is 0. The van der Waals surface area contributed by atoms with Crippen LogP contribution in [-0.2, 0) is 16.1 Å². The first-order valence-electron chi connectivity index (χ1n) is 8.78. The van der Waals surface area contributed by atoms with Crippen LogP contribution in [0.2, 0.25) is 0 Å². The van der Waals surface area contributed by atoms with E-state index in [1.54, 1.807) is 17.0 Å². The highest BCUT2D eigenvalue weighted by molar-refractivity contribution is 9.10. The number of halogens is 1. The van der Waals surface area contributed by atoms with E-state index in [1.807, 2.05) is 36.5 Å². The lowest BCUT2D eigenvalue weighted by atomic mass is 10.2. The zero-order chi connectivity index (χ0) is 19.9. The van der Waals surface area contributed by atoms with Gasteiger partial charge in [0.2, 0.25) is 5.91 Å². The molecule has 9 heteroatoms. The van der Waals surface area contributed by atoms with Crippen molar-refractivity contribution in [3.8, 4) is 0 Å². The average Bonchev–Trinajstić information content (AvgIpc) is 3.25. The van der Waals surface area contributed by atoms with Gasteiger partial charge in [-0.2, -0.15) is 5.10 Å². The second-order valence-electron chi connectivity index (χ2n) is 6.11. The van der Waals surface area contributed by atoms with E-state index < -0.39 is 0 Å². The van der Waals surface area contributed by atoms with Crippen LogP contribution in [-0.4, -0.2) is 44.8 Å². The van der Waals surface area contributed by atoms with E-state index in [-0.39, 0.29) is 30.1 Å². The van der Waals surface area contributed by atoms with Crippen molar-refractivity contribution in [3.05, 3.63) is 57.7 Å². The van der Waals surface area contributed by atoms with Crippen molar-refractivity contribution in [1.29, 1.82) is 0 Å². The van der Waals surface area contributed by atoms with Crippen molar-refractivity contribution in [2.45, 2.75) is 19.4 Å². The SMILES string of the molecule is O=C(CCCn1cccn1)NCCN1C(=O)SC(=Cc2cccc(Br)c2)C1=O. The Morgan fingerprint density at radius 2 is 2.11 bits per heavy atom. The van der Waals surface area contributed by atoms with E-state index in [1.165, 1.54) is 4.90 Å². The molecule has 1 aliphatic heterocycles. The number of amides is 3. The van der Waals surface area contributed by atoms with Crippen LogP contribution in [0.3, 0.4) is 0 Å². The van der Waals surface area contributed by atoms with Crippen LogP contribution in [0, 0.1) is 0 Å². The van der Waals surface area contributed by atoms with Gasteiger partial charge in [0.1, 0.15) is 0 Å². The minimum absolute atomic E-state index is 0.108. The Morgan fingerprint density at radius 3 is 2.86 bits per heavy atom. The molecular weight excluding hydrogens is 444 g/mol. The number of carbonyl (C=O) groups is 3. The summed E-state index contributed by atoms with van der Waals surface area (Å²) >= 11 is 4.30. The molecule has 0 bridgehead atoms. The van der Waals surface area contributed by atoms with Crippen LogP contribution in [0.15, 0.2) is 52.1 Å². The molecule has 1 aromatic heterocycles. The number of nitrogens with one attached hydrogen (secondary N) is 1. The predicted molar refractivity (Wildman–Crippen MR) is 111 cm³/mol. The van der Waals surface area contributed by atoms with Gasteiger partial charge in [-0.05, 0) is 48.0 Å². The topological polar surface area (TPSA) is 84.3 Å². The lowest BCUT2D eigenvalue weighted by Gasteiger charge is -2.13. The number of aryl methyl sites for hydroxylation is 1. The first kappa shape index (κ1) is 20.3. The van der Waals surface area contributed by atoms with E-state index in [0.29, 0.717) is 24.3 Å². The van der Waals surface area contributed by atoms with E-state index >= 15 is 0 Å². The van der Waals surface area contributed by atoms with Gasteiger partial charge < -0.3 is 5.32 Å². The molecule has 0 radical (unpaired) electrons. The quantitative estimate of drug-likeness (QED) is 0.608. The van der Waals surface area contributed by atoms with Gasteiger partial charge in [0.25, 0.3) is 11.1 Å². The Kier molecular flexibility index (Phi) is 7.05. The maximum Gasteiger partial charge on any atom is 0.293 e. The predicted octanol–water partition coefficient (Wildman–Crippen LogP) is 3.28. The molecule has 1 saturated heterocycles. The summed E-state index contributed by atoms with van der Waals surface area (Å²) in [6.07, 6.45) is 6.28. The highest BCUT2D eigenvalue weighted by atomic mass is 79.9. The average molecular weight is 463 g/mol. The van der Waals surface area contributed by atoms with E-state index in [2.05, 4.69) is 26.3 Å². The van der Waals surface area contributed by atoms with Crippen molar-refractivity contribution < 1.29 is 14.4 Å². The van der Waals surface area contributed by atoms with Crippen LogP contribution in [0.4, 0.5) is 4.79 Å². The number of thioether (sulfide) groups is 1. The molecule has 0 saturated carbocycles. The number of imide groups is 1. The number of nitrogens with zero attached hydrogens (tertiary/aromatic N) is 3. The molecule has 0 aliphatic carbocycles. The van der Waals surface area contributed by atoms with Crippen LogP contribution < -0.4 is 5.32 Å². The Morgan fingerprint density at radius 1 is 1.25 bits per heavy atom. The van der Waals surface area contributed by atoms with Gasteiger partial charge in [-0.1, -0.05) is 28.1 Å². The molecule has 0 unspecified atom stereocenters. The molecule has 0 atom stereocenters. The number of rotatable bonds is 8. The summed E-state index contributed by atoms with van der Waals surface area (Å²) in [6, 6.07) is 9.32. The minimum atomic E-state index is -0.331. The smallest absolute Gasteiger partial charge is 0.293 e. The van der Waals surface area contributed by atoms with Gasteiger partial charge in [0.15, 0.2) is 0 Å². The molecule has 1 N–H and O–H groups in total. The van der Waals surface area contributed by atoms with Gasteiger partial charge in [0, 0.05) is 42.9 Å². The molecule has 1 aliphatic rings. The van der Waals surface area contributed by atoms with Crippen molar-refractivity contribution in [3.63, 3.8) is 0 Å². The summed E-state index contributed by atoms with van der Waals surface area (Å²) in [5.74, 6) is -0.438. The zero-order valence-electron chi connectivity index (χ0n) is 15.0. The highest BCUT2D eigenvalue weighted by Gasteiger charge is 2.34. The fraction of sp³-hybridized carbons (Fsp3) is 0.263. The standard InChI is InChI=1S/C19H19BrN4O3S/c20-15-5-1-4-14(12-15)13-16-18(26)24(19(27)28-16)11-8-21-17(25)6-2-9-23-10-3-7-22-23/h1,3-5,7,10,12-13H,2,6,8-9,11H2,(H,21,25). The van der Waals surface area contributed by atoms with Crippen molar-refractivity contribution in [2.75, 3.05) is 13.1 Å². The van der Waals surface area contributed by atoms with Crippen molar-refractivity contribution in [2.24, 2.45) is 0 Å². The maximum absolute atomic E-state index is 12.5. The summed E-state index contributed by atoms with van der Waals surface area (Å²) < 4.78 is 2.67. The highest BCUT2D eigenvalue weighted by Crippen LogP contribution is 2.32. The Bertz CT molecular complexity index is 898. The van der Waals surface area contributed by atoms with E-state index in [4.69, 9.17) is 0 Å². The Labute approximate surface area is 175 Å². The largest absolute Gasteiger partial charge is 0.354 e. The zero-order valence-corrected chi connectivity index (χ0v) is 17.4. The first-order valence-corrected chi connectivity index (χ1v) is 10.4. The van der Waals surface area contributed by atoms with Crippen molar-refractivity contribution >= 4 is 50.8 Å². The van der Waals surface area contributed by atoms with Gasteiger partial charge in [-0.15, -0.1) is 0 Å². The molecule has 3 amide bonds. The molecule has 1 aromatic carbocycles. The minimum Gasteiger partial charge on any atom is -0.354 e. The number of hydrogen-bond acceptors (Lipinski definition) is 5. The van der Waals surface area contributed by atoms with Crippen LogP contribution in [0.5, 0.6) is 0 Å². The third-order valence-electron chi connectivity index (χ3n) is 4.03. The lowest BCUT2D eigenvalue weighted by molar-refractivity contribution is -0.124. The maximum atomic E-state index is 12.5. The molecule has 146 valence electrons. The summed E-state index contributed by atoms with van der Waals surface area (Å²) in [5.41, 5.74) is 0.838. The van der Waals surface area contributed by atoms with E-state index in [9.17, 15) is 14.4 Å². The second-order valence-corrected chi connectivity index (χ2v) is 8.02. The third-order valence-corrected chi connectivity index (χ3v) is 5.43. The van der Waals surface area contributed by atoms with Gasteiger partial charge in [-0.3, -0.25) is 24.0 Å². The molecular formula is C19H19BrN4O3S. The third kappa shape index (κ3) is 5.56. The monoisotopic (exact) mass is 462 g/mol. The van der Waals surface area contributed by atoms with E-state index in [0.717, 1.165) is 21.8 Å². The summed E-state index contributed by atoms with van der Waals surface area (Å²) in [5, 5.41) is 6.51. The molecule has 1 fully saturated rings. The fourth-order valence-corrected chi connectivity index (χ4v) is 3.95. The molecule has 7 nitrogen and oxygen atoms in total. The molecule has 28 heavy (non-hydrogen) atoms. The molecule has 3 rings (SSSR count). The second kappa shape index (κ2) is 9.70. The number of benzene rings is 1. The number of carbonyl (C=O) groups excluding carboxylic acids is 3. The van der Waals surface area contributed by atoms with Crippen LogP contribution in [0.25, 0.3) is 6.08 Å². The van der Waals surface area contributed by atoms with Crippen LogP contribution >= 0.6 is 27.7 Å². The molecule has 0 spiro atoms. The number of aromatic nitrogens is 2. The number of hydrogen-bond donors (Lipinski definition) is 1. The van der Waals surface area contributed by atoms with Gasteiger partial charge >= 0.3 is 0 Å². The summed E-state index contributed by atoms with van der Waals surface area (Å²) in [6.45, 7) is 1.07. The van der Waals surface area contributed by atoms with Crippen LogP contribution in [0.1, 0.15) is 18.4 Å². The fourth-order valence-electron chi connectivity index (χ4n) is 2.67. The first-order chi connectivity index (χ1) is 13.5.